The van der Waals surface area contributed by atoms with Gasteiger partial charge in [-0.15, -0.1) is 0 Å². The molecule has 0 unspecified atom stereocenters. The number of nitrogens with one attached hydrogen (secondary N) is 1. The van der Waals surface area contributed by atoms with E-state index in [1.54, 1.807) is 12.5 Å². The molecule has 1 saturated carbocycles. The van der Waals surface area contributed by atoms with Crippen LogP contribution in [0.25, 0.3) is 0 Å². The van der Waals surface area contributed by atoms with Crippen molar-refractivity contribution in [2.75, 3.05) is 6.61 Å². The Hall–Kier alpha value is -2.14. The van der Waals surface area contributed by atoms with E-state index in [1.165, 1.54) is 18.4 Å². The number of hydrogen-bond donors (Lipinski definition) is 1. The highest BCUT2D eigenvalue weighted by atomic mass is 16.5. The van der Waals surface area contributed by atoms with E-state index >= 15 is 0 Å². The van der Waals surface area contributed by atoms with E-state index in [4.69, 9.17) is 4.74 Å². The Morgan fingerprint density at radius 2 is 2.09 bits per heavy atom. The molecule has 0 radical (unpaired) electrons. The zero-order valence-electron chi connectivity index (χ0n) is 13.4. The van der Waals surface area contributed by atoms with E-state index in [2.05, 4.69) is 22.4 Å². The molecule has 5 nitrogen and oxygen atoms in total. The van der Waals surface area contributed by atoms with Gasteiger partial charge in [-0.3, -0.25) is 4.79 Å². The summed E-state index contributed by atoms with van der Waals surface area (Å²) in [4.78, 5) is 16.0. The third-order valence-corrected chi connectivity index (χ3v) is 4.06. The Morgan fingerprint density at radius 1 is 1.35 bits per heavy atom. The van der Waals surface area contributed by atoms with Crippen molar-refractivity contribution < 1.29 is 9.53 Å². The predicted octanol–water partition coefficient (Wildman–Crippen LogP) is 2.36. The maximum absolute atomic E-state index is 12.0. The Bertz CT molecular complexity index is 618. The Balaban J connectivity index is 1.43. The molecule has 0 saturated heterocycles. The molecular weight excluding hydrogens is 290 g/mol. The van der Waals surface area contributed by atoms with Gasteiger partial charge in [0.25, 0.3) is 0 Å². The molecule has 1 aromatic heterocycles. The molecule has 0 spiro atoms. The van der Waals surface area contributed by atoms with E-state index in [0.717, 1.165) is 12.1 Å². The summed E-state index contributed by atoms with van der Waals surface area (Å²) >= 11 is 0. The maximum atomic E-state index is 12.0. The first-order valence-electron chi connectivity index (χ1n) is 8.13. The zero-order chi connectivity index (χ0) is 16.1. The van der Waals surface area contributed by atoms with Crippen molar-refractivity contribution in [1.29, 1.82) is 0 Å². The summed E-state index contributed by atoms with van der Waals surface area (Å²) in [5.74, 6) is 0.626. The van der Waals surface area contributed by atoms with Gasteiger partial charge in [0, 0.05) is 25.5 Å². The highest BCUT2D eigenvalue weighted by molar-refractivity contribution is 5.80. The molecule has 1 aliphatic rings. The molecule has 5 heteroatoms. The van der Waals surface area contributed by atoms with Crippen molar-refractivity contribution >= 4 is 5.91 Å². The first kappa shape index (κ1) is 15.7. The number of amides is 1. The summed E-state index contributed by atoms with van der Waals surface area (Å²) in [6.07, 6.45) is 7.61. The van der Waals surface area contributed by atoms with Gasteiger partial charge in [-0.2, -0.15) is 0 Å². The molecule has 0 bridgehead atoms. The van der Waals surface area contributed by atoms with Crippen LogP contribution >= 0.6 is 0 Å². The fourth-order valence-corrected chi connectivity index (χ4v) is 2.33. The summed E-state index contributed by atoms with van der Waals surface area (Å²) in [5.41, 5.74) is 2.29. The van der Waals surface area contributed by atoms with E-state index in [1.807, 2.05) is 29.8 Å². The second kappa shape index (κ2) is 7.42. The first-order chi connectivity index (χ1) is 11.2. The topological polar surface area (TPSA) is 56.1 Å². The third-order valence-electron chi connectivity index (χ3n) is 4.06. The molecule has 3 rings (SSSR count). The fraction of sp³-hybridized carbons (Fsp3) is 0.444. The van der Waals surface area contributed by atoms with Gasteiger partial charge >= 0.3 is 0 Å². The second-order valence-corrected chi connectivity index (χ2v) is 6.19. The average molecular weight is 313 g/mol. The highest BCUT2D eigenvalue weighted by Crippen LogP contribution is 2.29. The molecule has 1 atom stereocenters. The van der Waals surface area contributed by atoms with Crippen LogP contribution in [-0.2, 0) is 22.6 Å². The highest BCUT2D eigenvalue weighted by Gasteiger charge is 2.23. The van der Waals surface area contributed by atoms with E-state index < -0.39 is 0 Å². The molecule has 0 aliphatic heterocycles. The largest absolute Gasteiger partial charge is 0.368 e. The van der Waals surface area contributed by atoms with Crippen molar-refractivity contribution in [3.63, 3.8) is 0 Å². The van der Waals surface area contributed by atoms with Crippen LogP contribution in [0.3, 0.4) is 0 Å². The standard InChI is InChI=1S/C18H23N3O2/c1-14(23-12-17-6-7-17)18(22)20-10-15-2-4-16(5-3-15)11-21-9-8-19-13-21/h2-5,8-9,13-14,17H,6-7,10-12H2,1H3,(H,20,22)/t14-/m0/s1. The molecule has 1 N–H and O–H groups in total. The number of carbonyl (C=O) groups excluding carboxylic acids is 1. The van der Waals surface area contributed by atoms with Gasteiger partial charge in [0.15, 0.2) is 0 Å². The smallest absolute Gasteiger partial charge is 0.249 e. The summed E-state index contributed by atoms with van der Waals surface area (Å²) in [6, 6.07) is 8.24. The fourth-order valence-electron chi connectivity index (χ4n) is 2.33. The van der Waals surface area contributed by atoms with Crippen molar-refractivity contribution in [2.45, 2.75) is 39.0 Å². The number of aromatic nitrogens is 2. The summed E-state index contributed by atoms with van der Waals surface area (Å²) in [6.45, 7) is 3.85. The Morgan fingerprint density at radius 3 is 2.74 bits per heavy atom. The lowest BCUT2D eigenvalue weighted by Gasteiger charge is -2.13. The number of nitrogens with zero attached hydrogens (tertiary/aromatic N) is 2. The molecular formula is C18H23N3O2. The third kappa shape index (κ3) is 4.93. The van der Waals surface area contributed by atoms with Gasteiger partial charge in [-0.25, -0.2) is 4.98 Å². The predicted molar refractivity (Wildman–Crippen MR) is 87.8 cm³/mol. The number of hydrogen-bond acceptors (Lipinski definition) is 3. The van der Waals surface area contributed by atoms with Gasteiger partial charge in [0.05, 0.1) is 12.9 Å². The van der Waals surface area contributed by atoms with Gasteiger partial charge < -0.3 is 14.6 Å². The summed E-state index contributed by atoms with van der Waals surface area (Å²) in [5, 5.41) is 2.93. The number of ether oxygens (including phenoxy) is 1. The molecule has 122 valence electrons. The van der Waals surface area contributed by atoms with E-state index in [9.17, 15) is 4.79 Å². The molecule has 1 fully saturated rings. The minimum atomic E-state index is -0.379. The number of benzene rings is 1. The summed E-state index contributed by atoms with van der Waals surface area (Å²) in [7, 11) is 0. The minimum absolute atomic E-state index is 0.0480. The zero-order valence-corrected chi connectivity index (χ0v) is 13.4. The Kier molecular flexibility index (Phi) is 5.08. The van der Waals surface area contributed by atoms with Gasteiger partial charge in [-0.05, 0) is 36.8 Å². The van der Waals surface area contributed by atoms with Crippen LogP contribution in [0.5, 0.6) is 0 Å². The molecule has 2 aromatic rings. The molecule has 1 aromatic carbocycles. The van der Waals surface area contributed by atoms with Gasteiger partial charge in [0.1, 0.15) is 6.10 Å². The van der Waals surface area contributed by atoms with Crippen molar-refractivity contribution in [2.24, 2.45) is 5.92 Å². The maximum Gasteiger partial charge on any atom is 0.249 e. The number of imidazole rings is 1. The lowest BCUT2D eigenvalue weighted by atomic mass is 10.1. The van der Waals surface area contributed by atoms with E-state index in [0.29, 0.717) is 19.1 Å². The number of carbonyl (C=O) groups is 1. The van der Waals surface area contributed by atoms with Crippen LogP contribution in [-0.4, -0.2) is 28.2 Å². The van der Waals surface area contributed by atoms with Gasteiger partial charge in [0.2, 0.25) is 5.91 Å². The van der Waals surface area contributed by atoms with Crippen LogP contribution in [0.2, 0.25) is 0 Å². The second-order valence-electron chi connectivity index (χ2n) is 6.19. The quantitative estimate of drug-likeness (QED) is 0.814. The monoisotopic (exact) mass is 313 g/mol. The lowest BCUT2D eigenvalue weighted by molar-refractivity contribution is -0.132. The van der Waals surface area contributed by atoms with Gasteiger partial charge in [-0.1, -0.05) is 24.3 Å². The molecule has 1 aliphatic carbocycles. The van der Waals surface area contributed by atoms with E-state index in [-0.39, 0.29) is 12.0 Å². The van der Waals surface area contributed by atoms with Crippen molar-refractivity contribution in [3.8, 4) is 0 Å². The average Bonchev–Trinajstić information content (AvgIpc) is 3.27. The van der Waals surface area contributed by atoms with Crippen molar-refractivity contribution in [1.82, 2.24) is 14.9 Å². The van der Waals surface area contributed by atoms with Crippen LogP contribution in [0.1, 0.15) is 30.9 Å². The minimum Gasteiger partial charge on any atom is -0.368 e. The molecule has 23 heavy (non-hydrogen) atoms. The lowest BCUT2D eigenvalue weighted by Crippen LogP contribution is -2.34. The molecule has 1 amide bonds. The normalized spacial score (nSPS) is 15.3. The van der Waals surface area contributed by atoms with Crippen LogP contribution < -0.4 is 5.32 Å². The Labute approximate surface area is 136 Å². The number of rotatable bonds is 8. The SMILES string of the molecule is C[C@H](OCC1CC1)C(=O)NCc1ccc(Cn2ccnc2)cc1. The van der Waals surface area contributed by atoms with Crippen LogP contribution in [0, 0.1) is 5.92 Å². The summed E-state index contributed by atoms with van der Waals surface area (Å²) < 4.78 is 7.60. The first-order valence-corrected chi connectivity index (χ1v) is 8.13. The van der Waals surface area contributed by atoms with Crippen molar-refractivity contribution in [3.05, 3.63) is 54.1 Å². The van der Waals surface area contributed by atoms with Crippen LogP contribution in [0.15, 0.2) is 43.0 Å². The molecule has 1 heterocycles. The van der Waals surface area contributed by atoms with Crippen LogP contribution in [0.4, 0.5) is 0 Å².